The highest BCUT2D eigenvalue weighted by Gasteiger charge is 2.25. The third-order valence-electron chi connectivity index (χ3n) is 3.04. The minimum Gasteiger partial charge on any atom is -0.495 e. The maximum atomic E-state index is 12.0. The number of benzene rings is 1. The molecule has 1 fully saturated rings. The predicted octanol–water partition coefficient (Wildman–Crippen LogP) is 1.81. The van der Waals surface area contributed by atoms with Gasteiger partial charge in [0.15, 0.2) is 0 Å². The number of piperidine rings is 1. The van der Waals surface area contributed by atoms with Gasteiger partial charge in [-0.25, -0.2) is 0 Å². The summed E-state index contributed by atoms with van der Waals surface area (Å²) in [5.74, 6) is 0.0292. The number of anilines is 1. The topological polar surface area (TPSA) is 67.4 Å². The van der Waals surface area contributed by atoms with Crippen molar-refractivity contribution in [3.63, 3.8) is 0 Å². The maximum absolute atomic E-state index is 12.0. The summed E-state index contributed by atoms with van der Waals surface area (Å²) < 4.78 is 5.04. The molecule has 0 radical (unpaired) electrons. The second-order valence-electron chi connectivity index (χ2n) is 4.38. The Kier molecular flexibility index (Phi) is 4.27. The van der Waals surface area contributed by atoms with E-state index in [1.54, 1.807) is 18.2 Å². The first kappa shape index (κ1) is 13.7. The van der Waals surface area contributed by atoms with Crippen molar-refractivity contribution < 1.29 is 14.3 Å². The second kappa shape index (κ2) is 5.93. The number of amides is 2. The summed E-state index contributed by atoms with van der Waals surface area (Å²) in [4.78, 5) is 23.3. The molecular weight excluding hydrogens is 268 g/mol. The number of hydrogen-bond donors (Lipinski definition) is 2. The van der Waals surface area contributed by atoms with Gasteiger partial charge < -0.3 is 15.4 Å². The third kappa shape index (κ3) is 3.38. The zero-order valence-electron chi connectivity index (χ0n) is 10.5. The van der Waals surface area contributed by atoms with Gasteiger partial charge in [0.05, 0.1) is 12.1 Å². The summed E-state index contributed by atoms with van der Waals surface area (Å²) in [6.07, 6.45) is 0.886. The van der Waals surface area contributed by atoms with Crippen LogP contribution >= 0.6 is 11.6 Å². The number of hydrogen-bond acceptors (Lipinski definition) is 3. The van der Waals surface area contributed by atoms with Crippen molar-refractivity contribution in [3.8, 4) is 5.75 Å². The van der Waals surface area contributed by atoms with Crippen LogP contribution in [0.2, 0.25) is 5.02 Å². The Balaban J connectivity index is 2.02. The molecule has 6 heteroatoms. The van der Waals surface area contributed by atoms with Crippen LogP contribution in [0.25, 0.3) is 0 Å². The smallest absolute Gasteiger partial charge is 0.228 e. The summed E-state index contributed by atoms with van der Waals surface area (Å²) in [6, 6.07) is 5.03. The first-order valence-electron chi connectivity index (χ1n) is 6.01. The highest BCUT2D eigenvalue weighted by atomic mass is 35.5. The van der Waals surface area contributed by atoms with E-state index in [9.17, 15) is 9.59 Å². The Hall–Kier alpha value is -1.75. The van der Waals surface area contributed by atoms with E-state index < -0.39 is 0 Å². The van der Waals surface area contributed by atoms with Crippen molar-refractivity contribution in [2.45, 2.75) is 12.8 Å². The molecule has 1 aromatic rings. The van der Waals surface area contributed by atoms with Crippen LogP contribution < -0.4 is 15.4 Å². The molecule has 2 amide bonds. The van der Waals surface area contributed by atoms with E-state index in [4.69, 9.17) is 16.3 Å². The molecule has 1 aliphatic heterocycles. The lowest BCUT2D eigenvalue weighted by Crippen LogP contribution is -2.38. The van der Waals surface area contributed by atoms with Crippen LogP contribution in [0.15, 0.2) is 18.2 Å². The maximum Gasteiger partial charge on any atom is 0.228 e. The van der Waals surface area contributed by atoms with Crippen molar-refractivity contribution in [1.82, 2.24) is 5.32 Å². The molecule has 5 nitrogen and oxygen atoms in total. The Bertz CT molecular complexity index is 505. The summed E-state index contributed by atoms with van der Waals surface area (Å²) in [7, 11) is 1.53. The van der Waals surface area contributed by atoms with Gasteiger partial charge in [-0.3, -0.25) is 9.59 Å². The van der Waals surface area contributed by atoms with E-state index in [2.05, 4.69) is 10.6 Å². The largest absolute Gasteiger partial charge is 0.495 e. The van der Waals surface area contributed by atoms with Gasteiger partial charge in [0, 0.05) is 24.6 Å². The average Bonchev–Trinajstić information content (AvgIpc) is 2.39. The van der Waals surface area contributed by atoms with Crippen LogP contribution in [-0.2, 0) is 9.59 Å². The van der Waals surface area contributed by atoms with Gasteiger partial charge in [0.1, 0.15) is 5.75 Å². The number of nitrogens with one attached hydrogen (secondary N) is 2. The van der Waals surface area contributed by atoms with Gasteiger partial charge in [0.2, 0.25) is 11.8 Å². The second-order valence-corrected chi connectivity index (χ2v) is 4.79. The molecule has 0 aliphatic carbocycles. The van der Waals surface area contributed by atoms with Crippen LogP contribution in [0.3, 0.4) is 0 Å². The van der Waals surface area contributed by atoms with Crippen LogP contribution in [0.4, 0.5) is 5.69 Å². The van der Waals surface area contributed by atoms with Crippen molar-refractivity contribution in [3.05, 3.63) is 23.2 Å². The Morgan fingerprint density at radius 1 is 1.53 bits per heavy atom. The SMILES string of the molecule is COc1ccc(NC(=O)C2CCNC(=O)C2)cc1Cl. The quantitative estimate of drug-likeness (QED) is 0.888. The lowest BCUT2D eigenvalue weighted by atomic mass is 9.96. The molecule has 2 N–H and O–H groups in total. The van der Waals surface area contributed by atoms with Crippen molar-refractivity contribution in [2.24, 2.45) is 5.92 Å². The van der Waals surface area contributed by atoms with E-state index >= 15 is 0 Å². The van der Waals surface area contributed by atoms with E-state index in [0.29, 0.717) is 29.4 Å². The number of ether oxygens (including phenoxy) is 1. The molecular formula is C13H15ClN2O3. The Morgan fingerprint density at radius 2 is 2.32 bits per heavy atom. The highest BCUT2D eigenvalue weighted by Crippen LogP contribution is 2.27. The highest BCUT2D eigenvalue weighted by molar-refractivity contribution is 6.32. The lowest BCUT2D eigenvalue weighted by Gasteiger charge is -2.21. The molecule has 0 aromatic heterocycles. The van der Waals surface area contributed by atoms with Crippen molar-refractivity contribution in [2.75, 3.05) is 19.0 Å². The summed E-state index contributed by atoms with van der Waals surface area (Å²) in [6.45, 7) is 0.542. The third-order valence-corrected chi connectivity index (χ3v) is 3.33. The Morgan fingerprint density at radius 3 is 2.95 bits per heavy atom. The zero-order valence-corrected chi connectivity index (χ0v) is 11.3. The van der Waals surface area contributed by atoms with E-state index in [0.717, 1.165) is 0 Å². The lowest BCUT2D eigenvalue weighted by molar-refractivity contribution is -0.129. The van der Waals surface area contributed by atoms with Crippen LogP contribution in [0.5, 0.6) is 5.75 Å². The number of carbonyl (C=O) groups excluding carboxylic acids is 2. The molecule has 1 atom stereocenters. The minimum absolute atomic E-state index is 0.0841. The van der Waals surface area contributed by atoms with E-state index in [1.165, 1.54) is 7.11 Å². The number of carbonyl (C=O) groups is 2. The van der Waals surface area contributed by atoms with Crippen LogP contribution in [-0.4, -0.2) is 25.5 Å². The van der Waals surface area contributed by atoms with E-state index in [-0.39, 0.29) is 24.2 Å². The minimum atomic E-state index is -0.283. The molecule has 1 unspecified atom stereocenters. The molecule has 19 heavy (non-hydrogen) atoms. The standard InChI is InChI=1S/C13H15ClN2O3/c1-19-11-3-2-9(7-10(11)14)16-13(18)8-4-5-15-12(17)6-8/h2-3,7-8H,4-6H2,1H3,(H,15,17)(H,16,18). The fraction of sp³-hybridized carbons (Fsp3) is 0.385. The van der Waals surface area contributed by atoms with Gasteiger partial charge in [0.25, 0.3) is 0 Å². The van der Waals surface area contributed by atoms with Gasteiger partial charge in [-0.1, -0.05) is 11.6 Å². The van der Waals surface area contributed by atoms with Gasteiger partial charge in [-0.15, -0.1) is 0 Å². The van der Waals surface area contributed by atoms with Crippen molar-refractivity contribution >= 4 is 29.1 Å². The average molecular weight is 283 g/mol. The fourth-order valence-electron chi connectivity index (χ4n) is 2.00. The van der Waals surface area contributed by atoms with Crippen LogP contribution in [0, 0.1) is 5.92 Å². The molecule has 102 valence electrons. The van der Waals surface area contributed by atoms with Gasteiger partial charge in [-0.2, -0.15) is 0 Å². The van der Waals surface area contributed by atoms with Gasteiger partial charge >= 0.3 is 0 Å². The molecule has 1 saturated heterocycles. The van der Waals surface area contributed by atoms with Crippen molar-refractivity contribution in [1.29, 1.82) is 0 Å². The number of halogens is 1. The zero-order chi connectivity index (χ0) is 13.8. The monoisotopic (exact) mass is 282 g/mol. The molecule has 0 saturated carbocycles. The Labute approximate surface area is 116 Å². The molecule has 0 spiro atoms. The predicted molar refractivity (Wildman–Crippen MR) is 72.4 cm³/mol. The fourth-order valence-corrected chi connectivity index (χ4v) is 2.25. The van der Waals surface area contributed by atoms with E-state index in [1.807, 2.05) is 0 Å². The van der Waals surface area contributed by atoms with Gasteiger partial charge in [-0.05, 0) is 24.6 Å². The summed E-state index contributed by atoms with van der Waals surface area (Å²) in [5.41, 5.74) is 0.599. The molecule has 0 bridgehead atoms. The first-order chi connectivity index (χ1) is 9.10. The normalized spacial score (nSPS) is 18.6. The summed E-state index contributed by atoms with van der Waals surface area (Å²) in [5, 5.41) is 5.90. The molecule has 1 aromatic carbocycles. The molecule has 1 aliphatic rings. The number of methoxy groups -OCH3 is 1. The number of rotatable bonds is 3. The first-order valence-corrected chi connectivity index (χ1v) is 6.39. The summed E-state index contributed by atoms with van der Waals surface area (Å²) >= 11 is 5.98. The van der Waals surface area contributed by atoms with Crippen LogP contribution in [0.1, 0.15) is 12.8 Å². The molecule has 2 rings (SSSR count). The molecule has 1 heterocycles.